The zero-order chi connectivity index (χ0) is 35.0. The number of aromatic nitrogens is 1. The third kappa shape index (κ3) is 9.64. The SMILES string of the molecule is C=CCSc1ccc2c(c1)S/C(=C\C1=CC3=C/C(=C/c4sc5cc(SCC=C)ccc5[n+]4CCS(=S)CC)CCC3CC1)N2CCS(=S)CC. The minimum absolute atomic E-state index is 0.0283. The molecule has 2 aromatic carbocycles. The molecule has 0 spiro atoms. The second-order valence-electron chi connectivity index (χ2n) is 12.5. The van der Waals surface area contributed by atoms with E-state index in [9.17, 15) is 0 Å². The van der Waals surface area contributed by atoms with Gasteiger partial charge < -0.3 is 4.90 Å². The molecule has 2 heterocycles. The third-order valence-corrected chi connectivity index (χ3v) is 18.4. The molecule has 1 aromatic heterocycles. The standard InChI is InChI=1S/C40H47N2S8/c1-5-19-45-33-13-15-35-37(27-33)47-39(41(35)17-21-49(43)7-3)25-29-9-11-31-12-10-30(24-32(31)23-29)26-40-42(18-22-50(44)8-4)36-16-14-34(46-20-6-2)28-38(36)48-40/h5-6,13-16,23-28,31H,1-2,7-12,17-22H2,3-4H3/q+1. The van der Waals surface area contributed by atoms with Gasteiger partial charge in [-0.25, -0.2) is 0 Å². The van der Waals surface area contributed by atoms with Crippen LogP contribution in [0.25, 0.3) is 16.3 Å². The number of thioether (sulfide) groups is 3. The first kappa shape index (κ1) is 38.5. The van der Waals surface area contributed by atoms with E-state index in [-0.39, 0.29) is 18.9 Å². The minimum Gasteiger partial charge on any atom is -0.334 e. The van der Waals surface area contributed by atoms with Crippen molar-refractivity contribution in [2.24, 2.45) is 5.92 Å². The fourth-order valence-electron chi connectivity index (χ4n) is 6.57. The molecule has 50 heavy (non-hydrogen) atoms. The van der Waals surface area contributed by atoms with E-state index in [0.29, 0.717) is 5.92 Å². The van der Waals surface area contributed by atoms with Crippen LogP contribution in [0.3, 0.4) is 0 Å². The van der Waals surface area contributed by atoms with Crippen LogP contribution in [0.5, 0.6) is 0 Å². The third-order valence-electron chi connectivity index (χ3n) is 9.23. The van der Waals surface area contributed by atoms with E-state index in [1.54, 1.807) is 0 Å². The fraction of sp³-hybridized carbons (Fsp3) is 0.375. The Morgan fingerprint density at radius 2 is 1.64 bits per heavy atom. The number of aryl methyl sites for hydroxylation is 1. The van der Waals surface area contributed by atoms with E-state index in [1.165, 1.54) is 70.2 Å². The number of hydrogen-bond acceptors (Lipinski definition) is 7. The van der Waals surface area contributed by atoms with E-state index in [1.807, 2.05) is 58.8 Å². The lowest BCUT2D eigenvalue weighted by molar-refractivity contribution is -0.664. The number of rotatable bonds is 16. The second-order valence-corrected chi connectivity index (χ2v) is 23.4. The summed E-state index contributed by atoms with van der Waals surface area (Å²) in [6.45, 7) is 14.2. The zero-order valence-corrected chi connectivity index (χ0v) is 35.6. The Bertz CT molecular complexity index is 1910. The molecule has 0 fully saturated rings. The highest BCUT2D eigenvalue weighted by atomic mass is 32.8. The first-order valence-corrected chi connectivity index (χ1v) is 26.0. The first-order valence-electron chi connectivity index (χ1n) is 17.5. The maximum Gasteiger partial charge on any atom is 0.263 e. The Labute approximate surface area is 330 Å². The molecule has 3 aliphatic rings. The second kappa shape index (κ2) is 18.7. The van der Waals surface area contributed by atoms with Gasteiger partial charge in [-0.15, -0.1) is 55.6 Å². The number of nitrogens with zero attached hydrogens (tertiary/aromatic N) is 2. The lowest BCUT2D eigenvalue weighted by Gasteiger charge is -2.29. The number of thiazole rings is 1. The van der Waals surface area contributed by atoms with Gasteiger partial charge in [0.05, 0.1) is 16.5 Å². The molecule has 0 N–H and O–H groups in total. The quantitative estimate of drug-likeness (QED) is 0.0802. The average molecular weight is 812 g/mol. The molecule has 3 atom stereocenters. The Morgan fingerprint density at radius 1 is 0.920 bits per heavy atom. The van der Waals surface area contributed by atoms with Gasteiger partial charge in [0.15, 0.2) is 6.54 Å². The minimum atomic E-state index is 0.0283. The molecule has 0 saturated carbocycles. The molecule has 1 aliphatic heterocycles. The largest absolute Gasteiger partial charge is 0.334 e. The number of hydrogen-bond donors (Lipinski definition) is 0. The summed E-state index contributed by atoms with van der Waals surface area (Å²) in [6.07, 6.45) is 18.7. The van der Waals surface area contributed by atoms with Gasteiger partial charge >= 0.3 is 0 Å². The van der Waals surface area contributed by atoms with Gasteiger partial charge in [-0.3, -0.25) is 0 Å². The molecule has 2 aliphatic carbocycles. The van der Waals surface area contributed by atoms with E-state index in [2.05, 4.69) is 97.2 Å². The van der Waals surface area contributed by atoms with Crippen LogP contribution in [0.15, 0.2) is 116 Å². The molecule has 6 rings (SSSR count). The summed E-state index contributed by atoms with van der Waals surface area (Å²) in [6, 6.07) is 13.9. The van der Waals surface area contributed by atoms with E-state index in [4.69, 9.17) is 22.4 Å². The molecule has 264 valence electrons. The van der Waals surface area contributed by atoms with Crippen LogP contribution in [0.4, 0.5) is 5.69 Å². The summed E-state index contributed by atoms with van der Waals surface area (Å²) in [7, 11) is 0.0566. The van der Waals surface area contributed by atoms with Crippen molar-refractivity contribution in [2.75, 3.05) is 46.0 Å². The predicted octanol–water partition coefficient (Wildman–Crippen LogP) is 10.8. The van der Waals surface area contributed by atoms with Crippen molar-refractivity contribution in [3.63, 3.8) is 0 Å². The molecule has 3 aromatic rings. The van der Waals surface area contributed by atoms with E-state index < -0.39 is 0 Å². The Morgan fingerprint density at radius 3 is 2.40 bits per heavy atom. The molecule has 10 heteroatoms. The molecular formula is C40H47N2S8+. The fourth-order valence-corrected chi connectivity index (χ4v) is 12.3. The van der Waals surface area contributed by atoms with Gasteiger partial charge in [-0.05, 0) is 96.2 Å². The maximum absolute atomic E-state index is 5.77. The van der Waals surface area contributed by atoms with Crippen molar-refractivity contribution in [3.05, 3.63) is 107 Å². The number of fused-ring (bicyclic) bond motifs is 3. The van der Waals surface area contributed by atoms with Crippen molar-refractivity contribution in [1.82, 2.24) is 0 Å². The summed E-state index contributed by atoms with van der Waals surface area (Å²) in [4.78, 5) is 6.50. The van der Waals surface area contributed by atoms with Crippen LogP contribution in [0.2, 0.25) is 0 Å². The summed E-state index contributed by atoms with van der Waals surface area (Å²) >= 11 is 19.1. The predicted molar refractivity (Wildman–Crippen MR) is 238 cm³/mol. The van der Waals surface area contributed by atoms with Gasteiger partial charge in [0, 0.05) is 50.6 Å². The number of benzene rings is 2. The van der Waals surface area contributed by atoms with Crippen molar-refractivity contribution in [3.8, 4) is 0 Å². The van der Waals surface area contributed by atoms with Crippen molar-refractivity contribution in [2.45, 2.75) is 60.8 Å². The topological polar surface area (TPSA) is 7.12 Å². The normalized spacial score (nSPS) is 20.0. The van der Waals surface area contributed by atoms with Gasteiger partial charge in [0.1, 0.15) is 4.70 Å². The maximum atomic E-state index is 5.77. The molecule has 0 saturated heterocycles. The van der Waals surface area contributed by atoms with Gasteiger partial charge in [-0.2, -0.15) is 4.57 Å². The smallest absolute Gasteiger partial charge is 0.263 e. The van der Waals surface area contributed by atoms with Crippen LogP contribution in [-0.2, 0) is 47.8 Å². The van der Waals surface area contributed by atoms with Crippen molar-refractivity contribution in [1.29, 1.82) is 0 Å². The molecular weight excluding hydrogens is 765 g/mol. The highest BCUT2D eigenvalue weighted by Crippen LogP contribution is 2.48. The van der Waals surface area contributed by atoms with Crippen molar-refractivity contribution >= 4 is 110 Å². The Kier molecular flexibility index (Phi) is 14.4. The summed E-state index contributed by atoms with van der Waals surface area (Å²) in [5.74, 6) is 6.75. The van der Waals surface area contributed by atoms with Crippen molar-refractivity contribution < 1.29 is 4.57 Å². The molecule has 3 unspecified atom stereocenters. The van der Waals surface area contributed by atoms with E-state index in [0.717, 1.165) is 60.4 Å². The van der Waals surface area contributed by atoms with Crippen LogP contribution in [0.1, 0.15) is 44.5 Å². The first-order chi connectivity index (χ1) is 24.4. The lowest BCUT2D eigenvalue weighted by atomic mass is 9.77. The lowest BCUT2D eigenvalue weighted by Crippen LogP contribution is -2.37. The van der Waals surface area contributed by atoms with Gasteiger partial charge in [-0.1, -0.05) is 83.6 Å². The van der Waals surface area contributed by atoms with Crippen LogP contribution in [-0.4, -0.2) is 41.1 Å². The van der Waals surface area contributed by atoms with Crippen LogP contribution >= 0.6 is 46.6 Å². The molecule has 0 amide bonds. The van der Waals surface area contributed by atoms with E-state index >= 15 is 0 Å². The van der Waals surface area contributed by atoms with Crippen LogP contribution in [0, 0.1) is 5.92 Å². The Balaban J connectivity index is 1.29. The highest BCUT2D eigenvalue weighted by Gasteiger charge is 2.28. The summed E-state index contributed by atoms with van der Waals surface area (Å²) < 4.78 is 3.89. The number of allylic oxidation sites excluding steroid dienone is 6. The molecule has 2 nitrogen and oxygen atoms in total. The average Bonchev–Trinajstić information content (AvgIpc) is 3.65. The molecule has 0 radical (unpaired) electrons. The van der Waals surface area contributed by atoms with Gasteiger partial charge in [0.2, 0.25) is 5.52 Å². The summed E-state index contributed by atoms with van der Waals surface area (Å²) in [5.41, 5.74) is 7.05. The monoisotopic (exact) mass is 811 g/mol. The highest BCUT2D eigenvalue weighted by molar-refractivity contribution is 8.29. The Hall–Kier alpha value is -1.24. The zero-order valence-electron chi connectivity index (χ0n) is 29.1. The van der Waals surface area contributed by atoms with Gasteiger partial charge in [0.25, 0.3) is 5.01 Å². The summed E-state index contributed by atoms with van der Waals surface area (Å²) in [5, 5.41) is 2.69. The van der Waals surface area contributed by atoms with Crippen LogP contribution < -0.4 is 9.47 Å². The number of anilines is 1. The molecule has 0 bridgehead atoms.